The minimum absolute atomic E-state index is 0.148. The van der Waals surface area contributed by atoms with Crippen LogP contribution in [-0.4, -0.2) is 30.2 Å². The van der Waals surface area contributed by atoms with Gasteiger partial charge in [-0.3, -0.25) is 9.59 Å². The number of benzene rings is 2. The molecule has 0 N–H and O–H groups in total. The quantitative estimate of drug-likeness (QED) is 0.630. The first kappa shape index (κ1) is 14.8. The summed E-state index contributed by atoms with van der Waals surface area (Å²) < 4.78 is 0. The van der Waals surface area contributed by atoms with Gasteiger partial charge in [-0.05, 0) is 41.8 Å². The van der Waals surface area contributed by atoms with Gasteiger partial charge in [-0.25, -0.2) is 0 Å². The molecule has 3 nitrogen and oxygen atoms in total. The first-order valence-electron chi connectivity index (χ1n) is 7.20. The molecule has 0 aromatic heterocycles. The molecule has 1 unspecified atom stereocenters. The molecular formula is C18H16ClNO2. The molecule has 0 spiro atoms. The molecule has 4 heteroatoms. The van der Waals surface area contributed by atoms with Crippen molar-refractivity contribution < 1.29 is 9.59 Å². The summed E-state index contributed by atoms with van der Waals surface area (Å²) in [5, 5.41) is 0.571. The van der Waals surface area contributed by atoms with Crippen LogP contribution in [0.2, 0.25) is 5.02 Å². The average molecular weight is 314 g/mol. The highest BCUT2D eigenvalue weighted by molar-refractivity contribution is 6.30. The predicted molar refractivity (Wildman–Crippen MR) is 86.3 cm³/mol. The van der Waals surface area contributed by atoms with Crippen LogP contribution in [0.1, 0.15) is 27.4 Å². The number of rotatable bonds is 2. The topological polar surface area (TPSA) is 37.4 Å². The lowest BCUT2D eigenvalue weighted by atomic mass is 9.87. The van der Waals surface area contributed by atoms with E-state index >= 15 is 0 Å². The lowest BCUT2D eigenvalue weighted by Gasteiger charge is -2.20. The number of hydrogen-bond donors (Lipinski definition) is 0. The second-order valence-electron chi connectivity index (χ2n) is 5.51. The Kier molecular flexibility index (Phi) is 3.99. The van der Waals surface area contributed by atoms with Crippen molar-refractivity contribution in [3.8, 4) is 0 Å². The van der Waals surface area contributed by atoms with Crippen molar-refractivity contribution in [3.05, 3.63) is 70.2 Å². The van der Waals surface area contributed by atoms with Crippen LogP contribution in [0.3, 0.4) is 0 Å². The van der Waals surface area contributed by atoms with Crippen LogP contribution in [0.25, 0.3) is 0 Å². The normalized spacial score (nSPS) is 17.8. The monoisotopic (exact) mass is 313 g/mol. The third kappa shape index (κ3) is 2.64. The fourth-order valence-corrected chi connectivity index (χ4v) is 2.96. The highest BCUT2D eigenvalue weighted by Crippen LogP contribution is 2.29. The van der Waals surface area contributed by atoms with E-state index in [1.54, 1.807) is 36.2 Å². The van der Waals surface area contributed by atoms with Gasteiger partial charge in [-0.1, -0.05) is 35.9 Å². The number of nitrogens with zero attached hydrogens (tertiary/aromatic N) is 1. The number of halogens is 1. The van der Waals surface area contributed by atoms with Crippen LogP contribution in [0, 0.1) is 0 Å². The van der Waals surface area contributed by atoms with E-state index in [1.165, 1.54) is 0 Å². The Morgan fingerprint density at radius 2 is 1.82 bits per heavy atom. The highest BCUT2D eigenvalue weighted by Gasteiger charge is 2.35. The second-order valence-corrected chi connectivity index (χ2v) is 5.95. The number of carbonyl (C=O) groups excluding carboxylic acids is 2. The van der Waals surface area contributed by atoms with Gasteiger partial charge < -0.3 is 4.90 Å². The molecule has 1 aliphatic rings. The number of carbonyl (C=O) groups is 2. The third-order valence-corrected chi connectivity index (χ3v) is 4.35. The summed E-state index contributed by atoms with van der Waals surface area (Å²) in [4.78, 5) is 27.2. The number of amides is 1. The minimum atomic E-state index is -0.773. The number of likely N-dealkylation sites (N-methyl/N-ethyl adjacent to an activating group) is 1. The van der Waals surface area contributed by atoms with Crippen molar-refractivity contribution in [2.75, 3.05) is 13.6 Å². The molecular weight excluding hydrogens is 298 g/mol. The maximum Gasteiger partial charge on any atom is 0.237 e. The zero-order valence-electron chi connectivity index (χ0n) is 12.3. The summed E-state index contributed by atoms with van der Waals surface area (Å²) in [6, 6.07) is 14.4. The van der Waals surface area contributed by atoms with E-state index in [2.05, 4.69) is 0 Å². The number of fused-ring (bicyclic) bond motifs is 1. The molecule has 0 saturated carbocycles. The molecule has 1 heterocycles. The largest absolute Gasteiger partial charge is 0.344 e. The minimum Gasteiger partial charge on any atom is -0.344 e. The lowest BCUT2D eigenvalue weighted by Crippen LogP contribution is -2.34. The van der Waals surface area contributed by atoms with Crippen LogP contribution in [0.4, 0.5) is 0 Å². The zero-order valence-corrected chi connectivity index (χ0v) is 13.0. The van der Waals surface area contributed by atoms with Crippen LogP contribution < -0.4 is 0 Å². The Labute approximate surface area is 134 Å². The first-order valence-corrected chi connectivity index (χ1v) is 7.58. The Hall–Kier alpha value is -2.13. The maximum absolute atomic E-state index is 12.9. The lowest BCUT2D eigenvalue weighted by molar-refractivity contribution is -0.130. The molecule has 2 aromatic carbocycles. The second kappa shape index (κ2) is 5.93. The standard InChI is InChI=1S/C18H16ClNO2/c1-20-11-10-12-4-2-3-5-15(12)16(18(20)22)17(21)13-6-8-14(19)9-7-13/h2-9,16H,10-11H2,1H3. The first-order chi connectivity index (χ1) is 10.6. The molecule has 1 atom stereocenters. The average Bonchev–Trinajstić information content (AvgIpc) is 2.65. The fraction of sp³-hybridized carbons (Fsp3) is 0.222. The van der Waals surface area contributed by atoms with Gasteiger partial charge in [0.05, 0.1) is 0 Å². The summed E-state index contributed by atoms with van der Waals surface area (Å²) in [5.74, 6) is -1.10. The van der Waals surface area contributed by atoms with Gasteiger partial charge in [0.2, 0.25) is 5.91 Å². The van der Waals surface area contributed by atoms with E-state index in [9.17, 15) is 9.59 Å². The third-order valence-electron chi connectivity index (χ3n) is 4.10. The van der Waals surface area contributed by atoms with Crippen LogP contribution in [0.15, 0.2) is 48.5 Å². The number of Topliss-reactive ketones (excluding diaryl/α,β-unsaturated/α-hetero) is 1. The van der Waals surface area contributed by atoms with Crippen LogP contribution >= 0.6 is 11.6 Å². The molecule has 0 bridgehead atoms. The van der Waals surface area contributed by atoms with Gasteiger partial charge in [0.15, 0.2) is 5.78 Å². The van der Waals surface area contributed by atoms with Crippen molar-refractivity contribution in [1.82, 2.24) is 4.90 Å². The number of hydrogen-bond acceptors (Lipinski definition) is 2. The van der Waals surface area contributed by atoms with E-state index in [-0.39, 0.29) is 11.7 Å². The molecule has 22 heavy (non-hydrogen) atoms. The zero-order chi connectivity index (χ0) is 15.7. The van der Waals surface area contributed by atoms with Crippen molar-refractivity contribution in [3.63, 3.8) is 0 Å². The molecule has 3 rings (SSSR count). The summed E-state index contributed by atoms with van der Waals surface area (Å²) >= 11 is 5.87. The summed E-state index contributed by atoms with van der Waals surface area (Å²) in [5.41, 5.74) is 2.39. The Morgan fingerprint density at radius 3 is 2.55 bits per heavy atom. The Morgan fingerprint density at radius 1 is 1.14 bits per heavy atom. The van der Waals surface area contributed by atoms with Gasteiger partial charge in [-0.15, -0.1) is 0 Å². The van der Waals surface area contributed by atoms with Gasteiger partial charge >= 0.3 is 0 Å². The molecule has 0 saturated heterocycles. The summed E-state index contributed by atoms with van der Waals surface area (Å²) in [6.45, 7) is 0.625. The van der Waals surface area contributed by atoms with E-state index in [1.807, 2.05) is 24.3 Å². The van der Waals surface area contributed by atoms with Gasteiger partial charge in [0.1, 0.15) is 5.92 Å². The fourth-order valence-electron chi connectivity index (χ4n) is 2.83. The van der Waals surface area contributed by atoms with Crippen LogP contribution in [-0.2, 0) is 11.2 Å². The van der Waals surface area contributed by atoms with Crippen molar-refractivity contribution in [2.24, 2.45) is 0 Å². The molecule has 0 fully saturated rings. The number of ketones is 1. The van der Waals surface area contributed by atoms with Crippen molar-refractivity contribution in [2.45, 2.75) is 12.3 Å². The molecule has 0 radical (unpaired) electrons. The van der Waals surface area contributed by atoms with E-state index in [0.29, 0.717) is 17.1 Å². The molecule has 1 amide bonds. The molecule has 0 aliphatic carbocycles. The summed E-state index contributed by atoms with van der Waals surface area (Å²) in [6.07, 6.45) is 0.767. The van der Waals surface area contributed by atoms with Crippen molar-refractivity contribution in [1.29, 1.82) is 0 Å². The Bertz CT molecular complexity index is 724. The van der Waals surface area contributed by atoms with Crippen LogP contribution in [0.5, 0.6) is 0 Å². The molecule has 112 valence electrons. The maximum atomic E-state index is 12.9. The van der Waals surface area contributed by atoms with Crippen molar-refractivity contribution >= 4 is 23.3 Å². The molecule has 2 aromatic rings. The van der Waals surface area contributed by atoms with Gasteiger partial charge in [0.25, 0.3) is 0 Å². The predicted octanol–water partition coefficient (Wildman–Crippen LogP) is 3.32. The summed E-state index contributed by atoms with van der Waals surface area (Å²) in [7, 11) is 1.75. The highest BCUT2D eigenvalue weighted by atomic mass is 35.5. The molecule has 1 aliphatic heterocycles. The van der Waals surface area contributed by atoms with E-state index < -0.39 is 5.92 Å². The smallest absolute Gasteiger partial charge is 0.237 e. The SMILES string of the molecule is CN1CCc2ccccc2C(C(=O)c2ccc(Cl)cc2)C1=O. The van der Waals surface area contributed by atoms with E-state index in [0.717, 1.165) is 17.5 Å². The Balaban J connectivity index is 2.07. The van der Waals surface area contributed by atoms with Gasteiger partial charge in [0, 0.05) is 24.2 Å². The van der Waals surface area contributed by atoms with Gasteiger partial charge in [-0.2, -0.15) is 0 Å². The van der Waals surface area contributed by atoms with E-state index in [4.69, 9.17) is 11.6 Å².